The zero-order valence-electron chi connectivity index (χ0n) is 26.7. The van der Waals surface area contributed by atoms with Gasteiger partial charge in [0.05, 0.1) is 11.1 Å². The molecule has 5 aliphatic rings. The van der Waals surface area contributed by atoms with E-state index in [9.17, 15) is 10.0 Å². The number of benzene rings is 1. The number of carbonyl (C=O) groups excluding carboxylic acids is 1. The van der Waals surface area contributed by atoms with E-state index >= 15 is 0 Å². The number of allylic oxidation sites excluding steroid dienone is 2. The summed E-state index contributed by atoms with van der Waals surface area (Å²) in [7, 11) is 0. The minimum absolute atomic E-state index is 0.0394. The number of oxime groups is 1. The molecule has 0 radical (unpaired) electrons. The Morgan fingerprint density at radius 3 is 2.34 bits per heavy atom. The topological polar surface area (TPSA) is 58.9 Å². The van der Waals surface area contributed by atoms with Crippen molar-refractivity contribution in [2.24, 2.45) is 55.4 Å². The van der Waals surface area contributed by atoms with Crippen LogP contribution in [0, 0.1) is 50.2 Å². The van der Waals surface area contributed by atoms with Gasteiger partial charge in [-0.05, 0) is 109 Å². The molecular formula is C37H53NO3. The third kappa shape index (κ3) is 4.04. The molecule has 1 aromatic carbocycles. The molecule has 4 nitrogen and oxygen atoms in total. The summed E-state index contributed by atoms with van der Waals surface area (Å²) in [5, 5.41) is 13.6. The molecule has 5 aliphatic carbocycles. The Labute approximate surface area is 248 Å². The fourth-order valence-corrected chi connectivity index (χ4v) is 11.5. The summed E-state index contributed by atoms with van der Waals surface area (Å²) in [5.41, 5.74) is 3.86. The first kappa shape index (κ1) is 29.0. The van der Waals surface area contributed by atoms with E-state index in [1.807, 2.05) is 30.3 Å². The van der Waals surface area contributed by atoms with Crippen molar-refractivity contribution >= 4 is 11.7 Å². The second kappa shape index (κ2) is 9.45. The molecule has 4 heteroatoms. The number of fused-ring (bicyclic) bond motifs is 7. The van der Waals surface area contributed by atoms with Crippen LogP contribution in [0.4, 0.5) is 0 Å². The van der Waals surface area contributed by atoms with Crippen LogP contribution in [-0.2, 0) is 16.1 Å². The smallest absolute Gasteiger partial charge is 0.313 e. The quantitative estimate of drug-likeness (QED) is 0.174. The number of rotatable bonds is 3. The lowest BCUT2D eigenvalue weighted by atomic mass is 9.33. The van der Waals surface area contributed by atoms with E-state index in [4.69, 9.17) is 4.74 Å². The Kier molecular flexibility index (Phi) is 6.68. The SMILES string of the molecule is CC1(C)CC[C@]2(C(=O)OCc3ccccc3)CC[C@]3(C)C(=CCC4[C@@]5(C)CC/C(=N\O)C(C)(C)C5CC[C@]43C)[C@@H]2C1. The van der Waals surface area contributed by atoms with Gasteiger partial charge in [0.2, 0.25) is 0 Å². The highest BCUT2D eigenvalue weighted by molar-refractivity contribution is 5.90. The van der Waals surface area contributed by atoms with E-state index in [1.54, 1.807) is 5.57 Å². The Hall–Kier alpha value is -2.10. The molecule has 1 aromatic rings. The first-order valence-corrected chi connectivity index (χ1v) is 16.4. The van der Waals surface area contributed by atoms with E-state index in [-0.39, 0.29) is 39.0 Å². The van der Waals surface area contributed by atoms with Crippen molar-refractivity contribution in [1.29, 1.82) is 0 Å². The van der Waals surface area contributed by atoms with E-state index in [0.717, 1.165) is 62.6 Å². The average molecular weight is 560 g/mol. The summed E-state index contributed by atoms with van der Waals surface area (Å²) in [6.07, 6.45) is 13.2. The standard InChI is InChI=1S/C37H53NO3/c1-32(2)19-21-37(31(39)41-24-25-11-9-8-10-12-25)22-20-35(6)26(27(37)23-32)13-14-29-34(5)17-16-30(38-40)33(3,4)28(34)15-18-36(29,35)7/h8-13,27-29,40H,14-24H2,1-7H3/b38-30+/t27-,28?,29?,34-,35+,36+,37-/m0/s1. The van der Waals surface area contributed by atoms with Crippen molar-refractivity contribution in [2.45, 2.75) is 119 Å². The van der Waals surface area contributed by atoms with Crippen molar-refractivity contribution in [1.82, 2.24) is 0 Å². The largest absolute Gasteiger partial charge is 0.460 e. The van der Waals surface area contributed by atoms with Crippen molar-refractivity contribution in [3.8, 4) is 0 Å². The lowest BCUT2D eigenvalue weighted by Gasteiger charge is -2.70. The highest BCUT2D eigenvalue weighted by Crippen LogP contribution is 2.75. The summed E-state index contributed by atoms with van der Waals surface area (Å²) in [4.78, 5) is 14.2. The minimum Gasteiger partial charge on any atom is -0.460 e. The molecule has 4 saturated carbocycles. The molecule has 2 unspecified atom stereocenters. The van der Waals surface area contributed by atoms with Gasteiger partial charge < -0.3 is 9.94 Å². The van der Waals surface area contributed by atoms with Crippen molar-refractivity contribution < 1.29 is 14.7 Å². The molecular weight excluding hydrogens is 506 g/mol. The summed E-state index contributed by atoms with van der Waals surface area (Å²) >= 11 is 0. The molecule has 0 bridgehead atoms. The Morgan fingerprint density at radius 1 is 0.927 bits per heavy atom. The van der Waals surface area contributed by atoms with E-state index in [2.05, 4.69) is 59.7 Å². The monoisotopic (exact) mass is 559 g/mol. The van der Waals surface area contributed by atoms with Crippen LogP contribution in [0.1, 0.15) is 118 Å². The molecule has 7 atom stereocenters. The lowest BCUT2D eigenvalue weighted by molar-refractivity contribution is -0.183. The minimum atomic E-state index is -0.404. The second-order valence-corrected chi connectivity index (χ2v) is 16.7. The molecule has 41 heavy (non-hydrogen) atoms. The molecule has 224 valence electrons. The van der Waals surface area contributed by atoms with Gasteiger partial charge in [-0.2, -0.15) is 0 Å². The number of hydrogen-bond acceptors (Lipinski definition) is 4. The third-order valence-corrected chi connectivity index (χ3v) is 14.2. The van der Waals surface area contributed by atoms with Gasteiger partial charge in [0.1, 0.15) is 6.61 Å². The highest BCUT2D eigenvalue weighted by Gasteiger charge is 2.69. The Bertz CT molecular complexity index is 1260. The molecule has 0 aromatic heterocycles. The van der Waals surface area contributed by atoms with Gasteiger partial charge in [-0.15, -0.1) is 0 Å². The van der Waals surface area contributed by atoms with Gasteiger partial charge >= 0.3 is 5.97 Å². The fourth-order valence-electron chi connectivity index (χ4n) is 11.5. The number of hydrogen-bond donors (Lipinski definition) is 1. The van der Waals surface area contributed by atoms with E-state index in [1.165, 1.54) is 12.8 Å². The van der Waals surface area contributed by atoms with Gasteiger partial charge in [0.25, 0.3) is 0 Å². The van der Waals surface area contributed by atoms with E-state index in [0.29, 0.717) is 18.4 Å². The number of ether oxygens (including phenoxy) is 1. The average Bonchev–Trinajstić information content (AvgIpc) is 2.92. The third-order valence-electron chi connectivity index (χ3n) is 14.2. The van der Waals surface area contributed by atoms with Gasteiger partial charge in [-0.1, -0.05) is 95.6 Å². The van der Waals surface area contributed by atoms with Crippen LogP contribution in [-0.4, -0.2) is 16.9 Å². The summed E-state index contributed by atoms with van der Waals surface area (Å²) in [5.74, 6) is 1.41. The van der Waals surface area contributed by atoms with Crippen molar-refractivity contribution in [2.75, 3.05) is 0 Å². The fraction of sp³-hybridized carbons (Fsp3) is 0.730. The van der Waals surface area contributed by atoms with Crippen molar-refractivity contribution in [3.05, 3.63) is 47.5 Å². The normalized spacial score (nSPS) is 43.5. The van der Waals surface area contributed by atoms with Crippen LogP contribution < -0.4 is 0 Å². The molecule has 0 heterocycles. The summed E-state index contributed by atoms with van der Waals surface area (Å²) in [6.45, 7) is 17.6. The van der Waals surface area contributed by atoms with Gasteiger partial charge in [-0.3, -0.25) is 4.79 Å². The predicted molar refractivity (Wildman–Crippen MR) is 164 cm³/mol. The predicted octanol–water partition coefficient (Wildman–Crippen LogP) is 9.36. The first-order valence-electron chi connectivity index (χ1n) is 16.4. The van der Waals surface area contributed by atoms with Crippen molar-refractivity contribution in [3.63, 3.8) is 0 Å². The zero-order valence-corrected chi connectivity index (χ0v) is 26.7. The first-order chi connectivity index (χ1) is 19.2. The summed E-state index contributed by atoms with van der Waals surface area (Å²) in [6, 6.07) is 10.1. The van der Waals surface area contributed by atoms with E-state index < -0.39 is 5.41 Å². The highest BCUT2D eigenvalue weighted by atomic mass is 16.5. The molecule has 0 saturated heterocycles. The molecule has 1 N–H and O–H groups in total. The molecule has 0 aliphatic heterocycles. The number of nitrogens with zero attached hydrogens (tertiary/aromatic N) is 1. The van der Waals surface area contributed by atoms with Gasteiger partial charge in [0.15, 0.2) is 0 Å². The van der Waals surface area contributed by atoms with Crippen LogP contribution in [0.5, 0.6) is 0 Å². The van der Waals surface area contributed by atoms with Crippen LogP contribution in [0.25, 0.3) is 0 Å². The molecule has 0 spiro atoms. The molecule has 4 fully saturated rings. The number of esters is 1. The number of carbonyl (C=O) groups is 1. The zero-order chi connectivity index (χ0) is 29.5. The maximum absolute atomic E-state index is 14.2. The van der Waals surface area contributed by atoms with Crippen LogP contribution in [0.3, 0.4) is 0 Å². The summed E-state index contributed by atoms with van der Waals surface area (Å²) < 4.78 is 6.17. The maximum Gasteiger partial charge on any atom is 0.313 e. The second-order valence-electron chi connectivity index (χ2n) is 16.7. The Morgan fingerprint density at radius 2 is 1.63 bits per heavy atom. The maximum atomic E-state index is 14.2. The van der Waals surface area contributed by atoms with Crippen LogP contribution >= 0.6 is 0 Å². The van der Waals surface area contributed by atoms with Gasteiger partial charge in [0, 0.05) is 5.41 Å². The molecule has 6 rings (SSSR count). The van der Waals surface area contributed by atoms with Crippen LogP contribution in [0.2, 0.25) is 0 Å². The lowest BCUT2D eigenvalue weighted by Crippen LogP contribution is -2.64. The Balaban J connectivity index is 1.36. The van der Waals surface area contributed by atoms with Gasteiger partial charge in [-0.25, -0.2) is 0 Å². The molecule has 0 amide bonds. The van der Waals surface area contributed by atoms with Crippen LogP contribution in [0.15, 0.2) is 47.1 Å².